The van der Waals surface area contributed by atoms with Gasteiger partial charge in [0.2, 0.25) is 0 Å². The van der Waals surface area contributed by atoms with E-state index in [9.17, 15) is 0 Å². The monoisotopic (exact) mass is 337 g/mol. The third-order valence-corrected chi connectivity index (χ3v) is 5.85. The summed E-state index contributed by atoms with van der Waals surface area (Å²) in [6.07, 6.45) is 2.69. The standard InChI is InChI=1S/C21H23NO3/c1-23-15-8-9-18-20(11-15)25-14-21(18)13-22(12-16-5-4-10-24-16)19-7-3-2-6-17(19)21/h2-3,6-9,11,16H,4-5,10,12-14H2,1H3/t16-,21?/m1/s1. The molecule has 3 heterocycles. The van der Waals surface area contributed by atoms with Crippen LogP contribution in [-0.4, -0.2) is 39.5 Å². The molecular formula is C21H23NO3. The van der Waals surface area contributed by atoms with Crippen molar-refractivity contribution in [3.8, 4) is 11.5 Å². The van der Waals surface area contributed by atoms with Crippen LogP contribution in [0.2, 0.25) is 0 Å². The van der Waals surface area contributed by atoms with E-state index in [0.29, 0.717) is 12.7 Å². The van der Waals surface area contributed by atoms with Crippen LogP contribution in [0.25, 0.3) is 0 Å². The zero-order valence-corrected chi connectivity index (χ0v) is 14.5. The largest absolute Gasteiger partial charge is 0.497 e. The molecule has 1 fully saturated rings. The third kappa shape index (κ3) is 2.24. The van der Waals surface area contributed by atoms with Crippen molar-refractivity contribution in [3.63, 3.8) is 0 Å². The van der Waals surface area contributed by atoms with Crippen molar-refractivity contribution in [2.24, 2.45) is 0 Å². The van der Waals surface area contributed by atoms with Crippen molar-refractivity contribution >= 4 is 5.69 Å². The number of benzene rings is 2. The van der Waals surface area contributed by atoms with Crippen LogP contribution in [0.4, 0.5) is 5.69 Å². The quantitative estimate of drug-likeness (QED) is 0.859. The van der Waals surface area contributed by atoms with E-state index < -0.39 is 0 Å². The smallest absolute Gasteiger partial charge is 0.127 e. The van der Waals surface area contributed by atoms with E-state index in [2.05, 4.69) is 35.2 Å². The van der Waals surface area contributed by atoms with Crippen molar-refractivity contribution in [1.29, 1.82) is 0 Å². The van der Waals surface area contributed by atoms with Gasteiger partial charge in [-0.3, -0.25) is 0 Å². The van der Waals surface area contributed by atoms with Crippen LogP contribution in [0.15, 0.2) is 42.5 Å². The molecule has 4 heteroatoms. The van der Waals surface area contributed by atoms with Gasteiger partial charge in [-0.25, -0.2) is 0 Å². The summed E-state index contributed by atoms with van der Waals surface area (Å²) in [7, 11) is 1.70. The number of nitrogens with zero attached hydrogens (tertiary/aromatic N) is 1. The fourth-order valence-corrected chi connectivity index (χ4v) is 4.62. The van der Waals surface area contributed by atoms with Gasteiger partial charge in [0, 0.05) is 37.0 Å². The highest BCUT2D eigenvalue weighted by Gasteiger charge is 2.49. The predicted molar refractivity (Wildman–Crippen MR) is 96.9 cm³/mol. The first kappa shape index (κ1) is 15.1. The van der Waals surface area contributed by atoms with Gasteiger partial charge in [0.05, 0.1) is 18.6 Å². The molecule has 0 N–H and O–H groups in total. The van der Waals surface area contributed by atoms with Crippen molar-refractivity contribution < 1.29 is 14.2 Å². The van der Waals surface area contributed by atoms with Crippen LogP contribution < -0.4 is 14.4 Å². The van der Waals surface area contributed by atoms with E-state index in [1.54, 1.807) is 7.11 Å². The summed E-state index contributed by atoms with van der Waals surface area (Å²) in [5, 5.41) is 0. The summed E-state index contributed by atoms with van der Waals surface area (Å²) >= 11 is 0. The molecular weight excluding hydrogens is 314 g/mol. The normalized spacial score (nSPS) is 26.6. The average Bonchev–Trinajstić information content (AvgIpc) is 3.36. The molecule has 0 aliphatic carbocycles. The zero-order valence-electron chi connectivity index (χ0n) is 14.5. The maximum Gasteiger partial charge on any atom is 0.127 e. The van der Waals surface area contributed by atoms with Crippen LogP contribution >= 0.6 is 0 Å². The molecule has 130 valence electrons. The van der Waals surface area contributed by atoms with Gasteiger partial charge < -0.3 is 19.1 Å². The fourth-order valence-electron chi connectivity index (χ4n) is 4.62. The fraction of sp³-hybridized carbons (Fsp3) is 0.429. The number of ether oxygens (including phenoxy) is 3. The topological polar surface area (TPSA) is 30.9 Å². The molecule has 0 amide bonds. The zero-order chi connectivity index (χ0) is 16.9. The first-order chi connectivity index (χ1) is 12.3. The average molecular weight is 337 g/mol. The molecule has 0 saturated carbocycles. The van der Waals surface area contributed by atoms with Crippen molar-refractivity contribution in [2.45, 2.75) is 24.4 Å². The van der Waals surface area contributed by atoms with Gasteiger partial charge in [0.1, 0.15) is 18.1 Å². The Morgan fingerprint density at radius 1 is 1.20 bits per heavy atom. The Hall–Kier alpha value is -2.20. The minimum atomic E-state index is -0.0865. The molecule has 0 bridgehead atoms. The molecule has 2 atom stereocenters. The Morgan fingerprint density at radius 2 is 2.12 bits per heavy atom. The van der Waals surface area contributed by atoms with Crippen LogP contribution in [0.3, 0.4) is 0 Å². The molecule has 2 aromatic rings. The number of para-hydroxylation sites is 1. The van der Waals surface area contributed by atoms with Crippen molar-refractivity contribution in [3.05, 3.63) is 53.6 Å². The molecule has 1 spiro atoms. The van der Waals surface area contributed by atoms with Gasteiger partial charge in [-0.05, 0) is 30.5 Å². The minimum Gasteiger partial charge on any atom is -0.497 e. The molecule has 5 rings (SSSR count). The summed E-state index contributed by atoms with van der Waals surface area (Å²) in [6, 6.07) is 15.0. The van der Waals surface area contributed by atoms with E-state index in [4.69, 9.17) is 14.2 Å². The lowest BCUT2D eigenvalue weighted by molar-refractivity contribution is 0.115. The minimum absolute atomic E-state index is 0.0865. The van der Waals surface area contributed by atoms with E-state index in [0.717, 1.165) is 37.6 Å². The third-order valence-electron chi connectivity index (χ3n) is 5.85. The molecule has 1 unspecified atom stereocenters. The van der Waals surface area contributed by atoms with E-state index in [1.807, 2.05) is 12.1 Å². The number of hydrogen-bond acceptors (Lipinski definition) is 4. The summed E-state index contributed by atoms with van der Waals surface area (Å²) < 4.78 is 17.4. The molecule has 25 heavy (non-hydrogen) atoms. The predicted octanol–water partition coefficient (Wildman–Crippen LogP) is 3.37. The van der Waals surface area contributed by atoms with E-state index >= 15 is 0 Å². The van der Waals surface area contributed by atoms with Crippen LogP contribution in [0, 0.1) is 0 Å². The van der Waals surface area contributed by atoms with Gasteiger partial charge in [-0.15, -0.1) is 0 Å². The summed E-state index contributed by atoms with van der Waals surface area (Å²) in [5.74, 6) is 1.80. The number of hydrogen-bond donors (Lipinski definition) is 0. The van der Waals surface area contributed by atoms with Crippen molar-refractivity contribution in [2.75, 3.05) is 38.3 Å². The Morgan fingerprint density at radius 3 is 2.96 bits per heavy atom. The van der Waals surface area contributed by atoms with Gasteiger partial charge in [0.25, 0.3) is 0 Å². The highest BCUT2D eigenvalue weighted by molar-refractivity contribution is 5.69. The molecule has 3 aliphatic heterocycles. The second kappa shape index (κ2) is 5.67. The summed E-state index contributed by atoms with van der Waals surface area (Å²) in [5.41, 5.74) is 3.88. The van der Waals surface area contributed by atoms with Crippen LogP contribution in [0.5, 0.6) is 11.5 Å². The first-order valence-electron chi connectivity index (χ1n) is 9.07. The molecule has 0 radical (unpaired) electrons. The summed E-state index contributed by atoms with van der Waals surface area (Å²) in [4.78, 5) is 2.49. The Labute approximate surface area is 148 Å². The van der Waals surface area contributed by atoms with Gasteiger partial charge in [0.15, 0.2) is 0 Å². The number of fused-ring (bicyclic) bond motifs is 4. The van der Waals surface area contributed by atoms with E-state index in [1.165, 1.54) is 23.2 Å². The Kier molecular flexibility index (Phi) is 3.42. The molecule has 4 nitrogen and oxygen atoms in total. The van der Waals surface area contributed by atoms with Gasteiger partial charge in [-0.2, -0.15) is 0 Å². The SMILES string of the molecule is COc1ccc2c(c1)OCC21CN(C[C@H]2CCCO2)c2ccccc21. The maximum atomic E-state index is 6.12. The highest BCUT2D eigenvalue weighted by Crippen LogP contribution is 2.52. The van der Waals surface area contributed by atoms with E-state index in [-0.39, 0.29) is 5.41 Å². The molecule has 1 saturated heterocycles. The van der Waals surface area contributed by atoms with Crippen molar-refractivity contribution in [1.82, 2.24) is 0 Å². The number of methoxy groups -OCH3 is 1. The Bertz CT molecular complexity index is 799. The second-order valence-corrected chi connectivity index (χ2v) is 7.27. The Balaban J connectivity index is 1.55. The lowest BCUT2D eigenvalue weighted by Crippen LogP contribution is -2.39. The lowest BCUT2D eigenvalue weighted by atomic mass is 9.78. The molecule has 2 aromatic carbocycles. The van der Waals surface area contributed by atoms with Crippen LogP contribution in [-0.2, 0) is 10.2 Å². The second-order valence-electron chi connectivity index (χ2n) is 7.27. The van der Waals surface area contributed by atoms with Gasteiger partial charge >= 0.3 is 0 Å². The maximum absolute atomic E-state index is 6.12. The number of anilines is 1. The first-order valence-corrected chi connectivity index (χ1v) is 9.07. The van der Waals surface area contributed by atoms with Crippen LogP contribution in [0.1, 0.15) is 24.0 Å². The van der Waals surface area contributed by atoms with Gasteiger partial charge in [-0.1, -0.05) is 24.3 Å². The molecule has 0 aromatic heterocycles. The molecule has 3 aliphatic rings. The highest BCUT2D eigenvalue weighted by atomic mass is 16.5. The summed E-state index contributed by atoms with van der Waals surface area (Å²) in [6.45, 7) is 3.50. The lowest BCUT2D eigenvalue weighted by Gasteiger charge is -2.26. The number of rotatable bonds is 3.